The van der Waals surface area contributed by atoms with Crippen molar-refractivity contribution in [3.63, 3.8) is 0 Å². The summed E-state index contributed by atoms with van der Waals surface area (Å²) in [6.45, 7) is 3.44. The Bertz CT molecular complexity index is 590. The van der Waals surface area contributed by atoms with Crippen molar-refractivity contribution >= 4 is 0 Å². The van der Waals surface area contributed by atoms with Crippen LogP contribution < -0.4 is 5.73 Å². The Labute approximate surface area is 125 Å². The van der Waals surface area contributed by atoms with Crippen LogP contribution >= 0.6 is 0 Å². The van der Waals surface area contributed by atoms with Gasteiger partial charge in [-0.25, -0.2) is 4.68 Å². The third kappa shape index (κ3) is 2.49. The molecule has 4 heteroatoms. The molecule has 0 spiro atoms. The van der Waals surface area contributed by atoms with Crippen LogP contribution in [0.15, 0.2) is 42.7 Å². The van der Waals surface area contributed by atoms with Gasteiger partial charge in [-0.2, -0.15) is 5.10 Å². The Morgan fingerprint density at radius 2 is 2.00 bits per heavy atom. The van der Waals surface area contributed by atoms with Gasteiger partial charge in [-0.1, -0.05) is 12.1 Å². The van der Waals surface area contributed by atoms with Gasteiger partial charge in [-0.15, -0.1) is 0 Å². The quantitative estimate of drug-likeness (QED) is 0.937. The topological polar surface area (TPSA) is 47.1 Å². The molecule has 4 rings (SSSR count). The smallest absolute Gasteiger partial charge is 0.0645 e. The predicted octanol–water partition coefficient (Wildman–Crippen LogP) is 2.04. The molecule has 3 unspecified atom stereocenters. The molecule has 2 heterocycles. The minimum atomic E-state index is 0.433. The molecule has 2 aromatic rings. The summed E-state index contributed by atoms with van der Waals surface area (Å²) in [5, 5.41) is 4.26. The van der Waals surface area contributed by atoms with E-state index >= 15 is 0 Å². The van der Waals surface area contributed by atoms with Gasteiger partial charge < -0.3 is 5.73 Å². The van der Waals surface area contributed by atoms with Gasteiger partial charge in [-0.05, 0) is 48.4 Å². The molecule has 2 aliphatic rings. The normalized spacial score (nSPS) is 28.9. The van der Waals surface area contributed by atoms with Gasteiger partial charge in [-0.3, -0.25) is 4.90 Å². The fraction of sp³-hybridized carbons (Fsp3) is 0.471. The van der Waals surface area contributed by atoms with E-state index in [0.717, 1.165) is 24.1 Å². The lowest BCUT2D eigenvalue weighted by Crippen LogP contribution is -2.30. The van der Waals surface area contributed by atoms with Crippen LogP contribution in [0.3, 0.4) is 0 Å². The van der Waals surface area contributed by atoms with Crippen molar-refractivity contribution in [2.45, 2.75) is 25.4 Å². The molecule has 110 valence electrons. The summed E-state index contributed by atoms with van der Waals surface area (Å²) in [6, 6.07) is 11.1. The van der Waals surface area contributed by atoms with E-state index < -0.39 is 0 Å². The molecule has 21 heavy (non-hydrogen) atoms. The van der Waals surface area contributed by atoms with Crippen molar-refractivity contribution in [1.29, 1.82) is 0 Å². The van der Waals surface area contributed by atoms with Crippen LogP contribution in [0.1, 0.15) is 18.4 Å². The molecule has 2 fully saturated rings. The highest BCUT2D eigenvalue weighted by atomic mass is 15.3. The highest BCUT2D eigenvalue weighted by Gasteiger charge is 2.40. The van der Waals surface area contributed by atoms with E-state index in [1.165, 1.54) is 31.5 Å². The molecule has 2 N–H and O–H groups in total. The number of nitrogens with zero attached hydrogens (tertiary/aromatic N) is 3. The SMILES string of the molecule is NC1CCC2CN(Cc3ccc(-n4cccn4)cc3)CC12. The lowest BCUT2D eigenvalue weighted by molar-refractivity contribution is 0.298. The molecule has 0 radical (unpaired) electrons. The standard InChI is InChI=1S/C17H22N4/c18-17-7-4-14-11-20(12-16(14)17)10-13-2-5-15(6-3-13)21-9-1-8-19-21/h1-3,5-6,8-9,14,16-17H,4,7,10-12,18H2. The monoisotopic (exact) mass is 282 g/mol. The summed E-state index contributed by atoms with van der Waals surface area (Å²) < 4.78 is 1.89. The maximum absolute atomic E-state index is 6.21. The zero-order valence-corrected chi connectivity index (χ0v) is 12.2. The van der Waals surface area contributed by atoms with Gasteiger partial charge in [0.05, 0.1) is 5.69 Å². The first-order valence-corrected chi connectivity index (χ1v) is 7.86. The number of fused-ring (bicyclic) bond motifs is 1. The second-order valence-electron chi connectivity index (χ2n) is 6.48. The van der Waals surface area contributed by atoms with E-state index in [-0.39, 0.29) is 0 Å². The van der Waals surface area contributed by atoms with E-state index in [4.69, 9.17) is 5.73 Å². The largest absolute Gasteiger partial charge is 0.327 e. The zero-order chi connectivity index (χ0) is 14.2. The van der Waals surface area contributed by atoms with E-state index in [9.17, 15) is 0 Å². The minimum Gasteiger partial charge on any atom is -0.327 e. The Kier molecular flexibility index (Phi) is 3.28. The highest BCUT2D eigenvalue weighted by Crippen LogP contribution is 2.37. The van der Waals surface area contributed by atoms with Crippen LogP contribution in [-0.4, -0.2) is 33.8 Å². The van der Waals surface area contributed by atoms with Gasteiger partial charge in [0.2, 0.25) is 0 Å². The summed E-state index contributed by atoms with van der Waals surface area (Å²) >= 11 is 0. The third-order valence-corrected chi connectivity index (χ3v) is 5.10. The molecule has 1 saturated carbocycles. The number of hydrogen-bond donors (Lipinski definition) is 1. The van der Waals surface area contributed by atoms with Crippen LogP contribution in [-0.2, 0) is 6.54 Å². The van der Waals surface area contributed by atoms with Crippen molar-refractivity contribution < 1.29 is 0 Å². The van der Waals surface area contributed by atoms with Crippen molar-refractivity contribution in [2.24, 2.45) is 17.6 Å². The van der Waals surface area contributed by atoms with Crippen LogP contribution in [0.4, 0.5) is 0 Å². The van der Waals surface area contributed by atoms with Gasteiger partial charge in [0.15, 0.2) is 0 Å². The lowest BCUT2D eigenvalue weighted by atomic mass is 9.98. The second kappa shape index (κ2) is 5.28. The molecule has 3 atom stereocenters. The van der Waals surface area contributed by atoms with Gasteiger partial charge in [0.1, 0.15) is 0 Å². The van der Waals surface area contributed by atoms with Crippen LogP contribution in [0.2, 0.25) is 0 Å². The molecule has 1 aliphatic carbocycles. The fourth-order valence-corrected chi connectivity index (χ4v) is 3.96. The molecule has 1 aromatic carbocycles. The van der Waals surface area contributed by atoms with Crippen LogP contribution in [0, 0.1) is 11.8 Å². The van der Waals surface area contributed by atoms with E-state index in [2.05, 4.69) is 34.3 Å². The van der Waals surface area contributed by atoms with Crippen molar-refractivity contribution in [1.82, 2.24) is 14.7 Å². The molecule has 0 amide bonds. The summed E-state index contributed by atoms with van der Waals surface area (Å²) in [7, 11) is 0. The molecule has 4 nitrogen and oxygen atoms in total. The second-order valence-corrected chi connectivity index (χ2v) is 6.48. The molecule has 1 aromatic heterocycles. The number of rotatable bonds is 3. The average molecular weight is 282 g/mol. The third-order valence-electron chi connectivity index (χ3n) is 5.10. The van der Waals surface area contributed by atoms with Gasteiger partial charge in [0, 0.05) is 38.1 Å². The Morgan fingerprint density at radius 3 is 2.71 bits per heavy atom. The Hall–Kier alpha value is -1.65. The number of benzene rings is 1. The zero-order valence-electron chi connectivity index (χ0n) is 12.2. The van der Waals surface area contributed by atoms with Crippen molar-refractivity contribution in [2.75, 3.05) is 13.1 Å². The minimum absolute atomic E-state index is 0.433. The fourth-order valence-electron chi connectivity index (χ4n) is 3.96. The molecule has 0 bridgehead atoms. The molecular weight excluding hydrogens is 260 g/mol. The Morgan fingerprint density at radius 1 is 1.14 bits per heavy atom. The van der Waals surface area contributed by atoms with Crippen molar-refractivity contribution in [3.05, 3.63) is 48.3 Å². The lowest BCUT2D eigenvalue weighted by Gasteiger charge is -2.18. The maximum atomic E-state index is 6.21. The maximum Gasteiger partial charge on any atom is 0.0645 e. The highest BCUT2D eigenvalue weighted by molar-refractivity contribution is 5.33. The van der Waals surface area contributed by atoms with E-state index in [1.54, 1.807) is 6.20 Å². The van der Waals surface area contributed by atoms with Crippen molar-refractivity contribution in [3.8, 4) is 5.69 Å². The van der Waals surface area contributed by atoms with Gasteiger partial charge in [0.25, 0.3) is 0 Å². The first-order chi connectivity index (χ1) is 10.3. The molecular formula is C17H22N4. The molecule has 1 aliphatic heterocycles. The summed E-state index contributed by atoms with van der Waals surface area (Å²) in [6.07, 6.45) is 6.32. The average Bonchev–Trinajstić information content (AvgIpc) is 3.20. The number of hydrogen-bond acceptors (Lipinski definition) is 3. The number of nitrogens with two attached hydrogens (primary N) is 1. The molecule has 1 saturated heterocycles. The predicted molar refractivity (Wildman–Crippen MR) is 83.0 cm³/mol. The summed E-state index contributed by atoms with van der Waals surface area (Å²) in [5.74, 6) is 1.57. The first-order valence-electron chi connectivity index (χ1n) is 7.86. The van der Waals surface area contributed by atoms with Crippen LogP contribution in [0.5, 0.6) is 0 Å². The van der Waals surface area contributed by atoms with Gasteiger partial charge >= 0.3 is 0 Å². The first kappa shape index (κ1) is 13.0. The summed E-state index contributed by atoms with van der Waals surface area (Å²) in [4.78, 5) is 2.57. The van der Waals surface area contributed by atoms with E-state index in [1.807, 2.05) is 16.9 Å². The van der Waals surface area contributed by atoms with Crippen LogP contribution in [0.25, 0.3) is 5.69 Å². The number of likely N-dealkylation sites (tertiary alicyclic amines) is 1. The number of aromatic nitrogens is 2. The Balaban J connectivity index is 1.42. The summed E-state index contributed by atoms with van der Waals surface area (Å²) in [5.41, 5.74) is 8.70. The van der Waals surface area contributed by atoms with E-state index in [0.29, 0.717) is 6.04 Å².